The molecule has 1 rings (SSSR count). The van der Waals surface area contributed by atoms with Crippen LogP contribution < -0.4 is 21.7 Å². The molecule has 0 aliphatic carbocycles. The number of aromatic nitrogens is 1. The molecule has 1 aromatic rings. The number of carbonyl (C=O) groups excluding carboxylic acids is 2. The van der Waals surface area contributed by atoms with Gasteiger partial charge >= 0.3 is 0 Å². The highest BCUT2D eigenvalue weighted by atomic mass is 35.5. The number of pyridine rings is 1. The molecule has 0 saturated heterocycles. The van der Waals surface area contributed by atoms with Crippen LogP contribution in [-0.2, 0) is 9.59 Å². The topological polar surface area (TPSA) is 109 Å². The molecule has 0 fully saturated rings. The van der Waals surface area contributed by atoms with E-state index in [4.69, 9.17) is 28.9 Å². The van der Waals surface area contributed by atoms with Gasteiger partial charge in [0.2, 0.25) is 11.8 Å². The Morgan fingerprint density at radius 3 is 2.60 bits per heavy atom. The summed E-state index contributed by atoms with van der Waals surface area (Å²) in [6.45, 7) is 0.550. The van der Waals surface area contributed by atoms with Crippen LogP contribution in [0.3, 0.4) is 0 Å². The molecule has 20 heavy (non-hydrogen) atoms. The van der Waals surface area contributed by atoms with Gasteiger partial charge in [-0.15, -0.1) is 0 Å². The standard InChI is InChI=1S/C11H15Cl2N5O2/c12-7-3-8(13)11(18-5-7)16-2-1-15-10(20)6-17-9(19)4-14/h3,5H,1-2,4,6,14H2,(H,15,20)(H,16,18)(H,17,19). The van der Waals surface area contributed by atoms with Crippen LogP contribution in [0.2, 0.25) is 10.0 Å². The van der Waals surface area contributed by atoms with Gasteiger partial charge in [-0.05, 0) is 6.07 Å². The minimum absolute atomic E-state index is 0.101. The van der Waals surface area contributed by atoms with Crippen LogP contribution in [0.1, 0.15) is 0 Å². The van der Waals surface area contributed by atoms with Crippen molar-refractivity contribution in [2.24, 2.45) is 5.73 Å². The van der Waals surface area contributed by atoms with Crippen molar-refractivity contribution < 1.29 is 9.59 Å². The number of anilines is 1. The first-order valence-corrected chi connectivity index (χ1v) is 6.57. The highest BCUT2D eigenvalue weighted by Gasteiger charge is 2.04. The van der Waals surface area contributed by atoms with Gasteiger partial charge in [0.05, 0.1) is 23.1 Å². The molecule has 0 spiro atoms. The smallest absolute Gasteiger partial charge is 0.239 e. The molecule has 0 saturated carbocycles. The van der Waals surface area contributed by atoms with Crippen LogP contribution in [0.15, 0.2) is 12.3 Å². The van der Waals surface area contributed by atoms with E-state index in [2.05, 4.69) is 20.9 Å². The first-order valence-electron chi connectivity index (χ1n) is 5.81. The first kappa shape index (κ1) is 16.5. The lowest BCUT2D eigenvalue weighted by Crippen LogP contribution is -2.40. The van der Waals surface area contributed by atoms with Gasteiger partial charge in [0.15, 0.2) is 0 Å². The molecular formula is C11H15Cl2N5O2. The molecule has 7 nitrogen and oxygen atoms in total. The van der Waals surface area contributed by atoms with Crippen molar-refractivity contribution in [1.82, 2.24) is 15.6 Å². The van der Waals surface area contributed by atoms with Gasteiger partial charge in [-0.3, -0.25) is 9.59 Å². The average Bonchev–Trinajstić information content (AvgIpc) is 2.42. The molecule has 0 aliphatic rings. The highest BCUT2D eigenvalue weighted by molar-refractivity contribution is 6.35. The summed E-state index contributed by atoms with van der Waals surface area (Å²) in [5.41, 5.74) is 5.09. The van der Waals surface area contributed by atoms with Crippen molar-refractivity contribution >= 4 is 40.8 Å². The Kier molecular flexibility index (Phi) is 7.06. The van der Waals surface area contributed by atoms with Gasteiger partial charge in [-0.1, -0.05) is 23.2 Å². The third kappa shape index (κ3) is 6.05. The summed E-state index contributed by atoms with van der Waals surface area (Å²) in [4.78, 5) is 26.2. The number of amides is 2. The predicted molar refractivity (Wildman–Crippen MR) is 77.8 cm³/mol. The SMILES string of the molecule is NCC(=O)NCC(=O)NCCNc1ncc(Cl)cc1Cl. The van der Waals surface area contributed by atoms with Crippen LogP contribution in [0, 0.1) is 0 Å². The van der Waals surface area contributed by atoms with Gasteiger partial charge < -0.3 is 21.7 Å². The van der Waals surface area contributed by atoms with E-state index in [1.54, 1.807) is 6.07 Å². The van der Waals surface area contributed by atoms with Crippen molar-refractivity contribution in [3.05, 3.63) is 22.3 Å². The Bertz CT molecular complexity index is 484. The zero-order valence-electron chi connectivity index (χ0n) is 10.6. The highest BCUT2D eigenvalue weighted by Crippen LogP contribution is 2.21. The molecule has 5 N–H and O–H groups in total. The molecule has 0 radical (unpaired) electrons. The number of nitrogens with two attached hydrogens (primary N) is 1. The minimum atomic E-state index is -0.379. The normalized spacial score (nSPS) is 9.95. The molecule has 1 heterocycles. The molecule has 0 bridgehead atoms. The van der Waals surface area contributed by atoms with E-state index in [1.807, 2.05) is 0 Å². The summed E-state index contributed by atoms with van der Waals surface area (Å²) in [7, 11) is 0. The van der Waals surface area contributed by atoms with E-state index in [0.717, 1.165) is 0 Å². The molecule has 2 amide bonds. The van der Waals surface area contributed by atoms with Gasteiger partial charge in [0.25, 0.3) is 0 Å². The van der Waals surface area contributed by atoms with E-state index < -0.39 is 0 Å². The summed E-state index contributed by atoms with van der Waals surface area (Å²) in [6, 6.07) is 1.57. The summed E-state index contributed by atoms with van der Waals surface area (Å²) >= 11 is 11.6. The quantitative estimate of drug-likeness (QED) is 0.529. The summed E-state index contributed by atoms with van der Waals surface area (Å²) in [5, 5.41) is 8.77. The van der Waals surface area contributed by atoms with Gasteiger partial charge in [0, 0.05) is 19.3 Å². The van der Waals surface area contributed by atoms with Crippen LogP contribution in [-0.4, -0.2) is 43.0 Å². The van der Waals surface area contributed by atoms with Crippen molar-refractivity contribution in [3.8, 4) is 0 Å². The van der Waals surface area contributed by atoms with E-state index in [9.17, 15) is 9.59 Å². The van der Waals surface area contributed by atoms with Crippen molar-refractivity contribution in [2.75, 3.05) is 31.5 Å². The third-order valence-corrected chi connectivity index (χ3v) is 2.67. The maximum Gasteiger partial charge on any atom is 0.239 e. The monoisotopic (exact) mass is 319 g/mol. The number of nitrogens with one attached hydrogen (secondary N) is 3. The second kappa shape index (κ2) is 8.57. The molecule has 1 aromatic heterocycles. The number of halogens is 2. The second-order valence-electron chi connectivity index (χ2n) is 3.74. The van der Waals surface area contributed by atoms with E-state index in [1.165, 1.54) is 6.20 Å². The Morgan fingerprint density at radius 2 is 1.95 bits per heavy atom. The molecule has 9 heteroatoms. The molecule has 0 unspecified atom stereocenters. The fourth-order valence-corrected chi connectivity index (χ4v) is 1.69. The zero-order chi connectivity index (χ0) is 15.0. The minimum Gasteiger partial charge on any atom is -0.367 e. The second-order valence-corrected chi connectivity index (χ2v) is 4.59. The molecule has 0 aliphatic heterocycles. The summed E-state index contributed by atoms with van der Waals surface area (Å²) < 4.78 is 0. The lowest BCUT2D eigenvalue weighted by molar-refractivity contribution is -0.125. The van der Waals surface area contributed by atoms with E-state index in [0.29, 0.717) is 29.0 Å². The maximum absolute atomic E-state index is 11.3. The maximum atomic E-state index is 11.3. The number of carbonyl (C=O) groups is 2. The summed E-state index contributed by atoms with van der Waals surface area (Å²) in [6.07, 6.45) is 1.47. The zero-order valence-corrected chi connectivity index (χ0v) is 12.1. The largest absolute Gasteiger partial charge is 0.367 e. The van der Waals surface area contributed by atoms with E-state index in [-0.39, 0.29) is 24.9 Å². The Hall–Kier alpha value is -1.57. The first-order chi connectivity index (χ1) is 9.52. The number of rotatable bonds is 7. The molecule has 0 aromatic carbocycles. The van der Waals surface area contributed by atoms with E-state index >= 15 is 0 Å². The fraction of sp³-hybridized carbons (Fsp3) is 0.364. The van der Waals surface area contributed by atoms with Crippen LogP contribution in [0.25, 0.3) is 0 Å². The Morgan fingerprint density at radius 1 is 1.20 bits per heavy atom. The molecule has 110 valence electrons. The lowest BCUT2D eigenvalue weighted by Gasteiger charge is -2.09. The van der Waals surface area contributed by atoms with Crippen LogP contribution in [0.5, 0.6) is 0 Å². The third-order valence-electron chi connectivity index (χ3n) is 2.18. The lowest BCUT2D eigenvalue weighted by atomic mass is 10.4. The number of hydrogen-bond acceptors (Lipinski definition) is 5. The van der Waals surface area contributed by atoms with Crippen LogP contribution >= 0.6 is 23.2 Å². The summed E-state index contributed by atoms with van der Waals surface area (Å²) in [5.74, 6) is -0.194. The molecular weight excluding hydrogens is 305 g/mol. The van der Waals surface area contributed by atoms with Crippen molar-refractivity contribution in [2.45, 2.75) is 0 Å². The predicted octanol–water partition coefficient (Wildman–Crippen LogP) is -0.00860. The Labute approximate surface area is 126 Å². The van der Waals surface area contributed by atoms with Gasteiger partial charge in [-0.2, -0.15) is 0 Å². The molecule has 0 atom stereocenters. The fourth-order valence-electron chi connectivity index (χ4n) is 1.24. The van der Waals surface area contributed by atoms with Gasteiger partial charge in [0.1, 0.15) is 5.82 Å². The van der Waals surface area contributed by atoms with Crippen LogP contribution in [0.4, 0.5) is 5.82 Å². The average molecular weight is 320 g/mol. The van der Waals surface area contributed by atoms with Crippen molar-refractivity contribution in [3.63, 3.8) is 0 Å². The number of hydrogen-bond donors (Lipinski definition) is 4. The van der Waals surface area contributed by atoms with Gasteiger partial charge in [-0.25, -0.2) is 4.98 Å². The van der Waals surface area contributed by atoms with Crippen molar-refractivity contribution in [1.29, 1.82) is 0 Å². The number of nitrogens with zero attached hydrogens (tertiary/aromatic N) is 1. The Balaban J connectivity index is 2.21.